The van der Waals surface area contributed by atoms with Crippen molar-refractivity contribution in [1.82, 2.24) is 5.32 Å². The van der Waals surface area contributed by atoms with E-state index >= 15 is 0 Å². The molecule has 4 atom stereocenters. The number of hydrogen-bond donors (Lipinski definition) is 2. The Hall–Kier alpha value is -0.860. The average Bonchev–Trinajstić information content (AvgIpc) is 2.81. The Balaban J connectivity index is 1.91. The quantitative estimate of drug-likeness (QED) is 0.823. The van der Waals surface area contributed by atoms with Crippen molar-refractivity contribution in [3.05, 3.63) is 35.9 Å². The van der Waals surface area contributed by atoms with Crippen LogP contribution in [0.4, 0.5) is 0 Å². The maximum Gasteiger partial charge on any atom is 0.0518 e. The zero-order chi connectivity index (χ0) is 13.7. The van der Waals surface area contributed by atoms with Gasteiger partial charge in [0.25, 0.3) is 0 Å². The minimum Gasteiger partial charge on any atom is -0.393 e. The van der Waals surface area contributed by atoms with E-state index in [0.717, 1.165) is 18.9 Å². The number of aliphatic hydroxyl groups excluding tert-OH is 1. The Morgan fingerprint density at radius 3 is 2.58 bits per heavy atom. The second-order valence-electron chi connectivity index (χ2n) is 6.22. The van der Waals surface area contributed by atoms with Gasteiger partial charge in [0.05, 0.1) is 6.10 Å². The Morgan fingerprint density at radius 1 is 1.26 bits per heavy atom. The van der Waals surface area contributed by atoms with Gasteiger partial charge in [-0.2, -0.15) is 0 Å². The summed E-state index contributed by atoms with van der Waals surface area (Å²) in [6.07, 6.45) is 4.55. The third kappa shape index (κ3) is 4.63. The summed E-state index contributed by atoms with van der Waals surface area (Å²) in [6, 6.07) is 11.2. The molecule has 4 unspecified atom stereocenters. The molecule has 106 valence electrons. The van der Waals surface area contributed by atoms with Gasteiger partial charge in [0, 0.05) is 12.6 Å². The molecule has 19 heavy (non-hydrogen) atoms. The van der Waals surface area contributed by atoms with Crippen LogP contribution in [0, 0.1) is 5.92 Å². The second-order valence-corrected chi connectivity index (χ2v) is 6.22. The number of aliphatic hydroxyl groups is 1. The van der Waals surface area contributed by atoms with E-state index in [0.29, 0.717) is 12.0 Å². The van der Waals surface area contributed by atoms with Crippen LogP contribution in [0.15, 0.2) is 30.3 Å². The van der Waals surface area contributed by atoms with E-state index in [1.54, 1.807) is 0 Å². The Bertz CT molecular complexity index is 363. The van der Waals surface area contributed by atoms with Gasteiger partial charge in [0.15, 0.2) is 0 Å². The molecule has 0 heterocycles. The van der Waals surface area contributed by atoms with Crippen LogP contribution in [-0.2, 0) is 0 Å². The highest BCUT2D eigenvalue weighted by molar-refractivity contribution is 5.20. The van der Waals surface area contributed by atoms with Crippen molar-refractivity contribution < 1.29 is 5.11 Å². The van der Waals surface area contributed by atoms with Crippen LogP contribution < -0.4 is 5.32 Å². The smallest absolute Gasteiger partial charge is 0.0518 e. The summed E-state index contributed by atoms with van der Waals surface area (Å²) in [6.45, 7) is 5.20. The first-order chi connectivity index (χ1) is 9.15. The lowest BCUT2D eigenvalue weighted by Gasteiger charge is -2.22. The van der Waals surface area contributed by atoms with Gasteiger partial charge in [0.1, 0.15) is 0 Å². The molecule has 0 radical (unpaired) electrons. The van der Waals surface area contributed by atoms with Crippen molar-refractivity contribution in [3.8, 4) is 0 Å². The molecule has 0 saturated heterocycles. The third-order valence-corrected chi connectivity index (χ3v) is 4.24. The number of nitrogens with one attached hydrogen (secondary N) is 1. The lowest BCUT2D eigenvalue weighted by atomic mass is 9.93. The fourth-order valence-corrected chi connectivity index (χ4v) is 3.18. The van der Waals surface area contributed by atoms with Crippen molar-refractivity contribution in [3.63, 3.8) is 0 Å². The van der Waals surface area contributed by atoms with E-state index in [1.165, 1.54) is 24.8 Å². The number of hydrogen-bond acceptors (Lipinski definition) is 2. The van der Waals surface area contributed by atoms with Crippen LogP contribution in [0.25, 0.3) is 0 Å². The van der Waals surface area contributed by atoms with Crippen molar-refractivity contribution >= 4 is 0 Å². The van der Waals surface area contributed by atoms with E-state index in [9.17, 15) is 5.11 Å². The maximum absolute atomic E-state index is 9.69. The minimum atomic E-state index is -0.241. The number of rotatable bonds is 6. The van der Waals surface area contributed by atoms with Gasteiger partial charge in [-0.1, -0.05) is 37.3 Å². The van der Waals surface area contributed by atoms with Crippen LogP contribution >= 0.6 is 0 Å². The minimum absolute atomic E-state index is 0.241. The van der Waals surface area contributed by atoms with Crippen molar-refractivity contribution in [1.29, 1.82) is 0 Å². The summed E-state index contributed by atoms with van der Waals surface area (Å²) in [5, 5.41) is 13.4. The average molecular weight is 261 g/mol. The van der Waals surface area contributed by atoms with Crippen LogP contribution in [0.3, 0.4) is 0 Å². The lowest BCUT2D eigenvalue weighted by Crippen LogP contribution is -2.31. The van der Waals surface area contributed by atoms with Gasteiger partial charge in [-0.15, -0.1) is 0 Å². The van der Waals surface area contributed by atoms with Gasteiger partial charge in [-0.25, -0.2) is 0 Å². The van der Waals surface area contributed by atoms with Crippen molar-refractivity contribution in [2.45, 2.75) is 57.6 Å². The summed E-state index contributed by atoms with van der Waals surface area (Å²) in [5.41, 5.74) is 1.34. The van der Waals surface area contributed by atoms with Crippen LogP contribution in [-0.4, -0.2) is 23.8 Å². The molecule has 0 bridgehead atoms. The molecule has 0 aromatic heterocycles. The second kappa shape index (κ2) is 7.06. The highest BCUT2D eigenvalue weighted by atomic mass is 16.3. The Labute approximate surface area is 117 Å². The predicted octanol–water partition coefficient (Wildman–Crippen LogP) is 3.32. The largest absolute Gasteiger partial charge is 0.393 e. The first-order valence-corrected chi connectivity index (χ1v) is 7.61. The van der Waals surface area contributed by atoms with Crippen LogP contribution in [0.1, 0.15) is 51.0 Å². The standard InChI is InChI=1S/C17H27NO/c1-13-8-9-17(10-13)18-12-16(11-14(2)19)15-6-4-3-5-7-15/h3-7,13-14,16-19H,8-12H2,1-2H3. The molecular formula is C17H27NO. The molecular weight excluding hydrogens is 234 g/mol. The van der Waals surface area contributed by atoms with Gasteiger partial charge in [0.2, 0.25) is 0 Å². The lowest BCUT2D eigenvalue weighted by molar-refractivity contribution is 0.172. The highest BCUT2D eigenvalue weighted by Gasteiger charge is 2.22. The molecule has 0 spiro atoms. The molecule has 2 heteroatoms. The van der Waals surface area contributed by atoms with Gasteiger partial charge >= 0.3 is 0 Å². The van der Waals surface area contributed by atoms with E-state index in [1.807, 2.05) is 6.92 Å². The zero-order valence-corrected chi connectivity index (χ0v) is 12.2. The van der Waals surface area contributed by atoms with Crippen molar-refractivity contribution in [2.24, 2.45) is 5.92 Å². The fourth-order valence-electron chi connectivity index (χ4n) is 3.18. The van der Waals surface area contributed by atoms with Crippen LogP contribution in [0.2, 0.25) is 0 Å². The summed E-state index contributed by atoms with van der Waals surface area (Å²) < 4.78 is 0. The van der Waals surface area contributed by atoms with Gasteiger partial charge in [-0.3, -0.25) is 0 Å². The number of benzene rings is 1. The molecule has 2 nitrogen and oxygen atoms in total. The normalized spacial score (nSPS) is 26.3. The molecule has 1 fully saturated rings. The molecule has 1 aliphatic carbocycles. The maximum atomic E-state index is 9.69. The third-order valence-electron chi connectivity index (χ3n) is 4.24. The fraction of sp³-hybridized carbons (Fsp3) is 0.647. The molecule has 0 aliphatic heterocycles. The van der Waals surface area contributed by atoms with Crippen LogP contribution in [0.5, 0.6) is 0 Å². The SMILES string of the molecule is CC(O)CC(CNC1CCC(C)C1)c1ccccc1. The predicted molar refractivity (Wildman–Crippen MR) is 80.3 cm³/mol. The summed E-state index contributed by atoms with van der Waals surface area (Å²) in [4.78, 5) is 0. The zero-order valence-electron chi connectivity index (χ0n) is 12.2. The summed E-state index contributed by atoms with van der Waals surface area (Å²) in [7, 11) is 0. The molecule has 2 N–H and O–H groups in total. The summed E-state index contributed by atoms with van der Waals surface area (Å²) >= 11 is 0. The highest BCUT2D eigenvalue weighted by Crippen LogP contribution is 2.26. The first-order valence-electron chi connectivity index (χ1n) is 7.61. The Kier molecular flexibility index (Phi) is 5.41. The van der Waals surface area contributed by atoms with Gasteiger partial charge in [-0.05, 0) is 50.0 Å². The Morgan fingerprint density at radius 2 is 2.00 bits per heavy atom. The molecule has 1 aromatic carbocycles. The van der Waals surface area contributed by atoms with E-state index in [4.69, 9.17) is 0 Å². The molecule has 1 aromatic rings. The van der Waals surface area contributed by atoms with E-state index < -0.39 is 0 Å². The topological polar surface area (TPSA) is 32.3 Å². The molecule has 2 rings (SSSR count). The molecule has 0 amide bonds. The first kappa shape index (κ1) is 14.5. The van der Waals surface area contributed by atoms with Gasteiger partial charge < -0.3 is 10.4 Å². The van der Waals surface area contributed by atoms with E-state index in [2.05, 4.69) is 42.6 Å². The molecule has 1 aliphatic rings. The monoisotopic (exact) mass is 261 g/mol. The van der Waals surface area contributed by atoms with Crippen molar-refractivity contribution in [2.75, 3.05) is 6.54 Å². The molecule has 1 saturated carbocycles. The van der Waals surface area contributed by atoms with E-state index in [-0.39, 0.29) is 6.10 Å². The summed E-state index contributed by atoms with van der Waals surface area (Å²) in [5.74, 6) is 1.28.